The Labute approximate surface area is 110 Å². The van der Waals surface area contributed by atoms with Gasteiger partial charge in [-0.2, -0.15) is 0 Å². The Morgan fingerprint density at radius 3 is 2.39 bits per heavy atom. The van der Waals surface area contributed by atoms with E-state index in [9.17, 15) is 4.79 Å². The van der Waals surface area contributed by atoms with Gasteiger partial charge in [-0.1, -0.05) is 44.2 Å². The third-order valence-electron chi connectivity index (χ3n) is 3.03. The number of rotatable bonds is 6. The van der Waals surface area contributed by atoms with Gasteiger partial charge in [-0.3, -0.25) is 0 Å². The van der Waals surface area contributed by atoms with Crippen LogP contribution in [-0.2, 0) is 15.1 Å². The Morgan fingerprint density at radius 2 is 1.94 bits per heavy atom. The van der Waals surface area contributed by atoms with Gasteiger partial charge < -0.3 is 10.1 Å². The molecule has 0 bridgehead atoms. The van der Waals surface area contributed by atoms with Gasteiger partial charge in [0.1, 0.15) is 5.54 Å². The van der Waals surface area contributed by atoms with Gasteiger partial charge in [-0.25, -0.2) is 4.79 Å². The molecular formula is C15H23NO2. The minimum Gasteiger partial charge on any atom is -0.464 e. The highest BCUT2D eigenvalue weighted by Gasteiger charge is 2.40. The van der Waals surface area contributed by atoms with Crippen molar-refractivity contribution in [3.05, 3.63) is 35.9 Å². The fourth-order valence-electron chi connectivity index (χ4n) is 2.26. The Morgan fingerprint density at radius 1 is 1.33 bits per heavy atom. The number of likely N-dealkylation sites (N-methyl/N-ethyl adjacent to an activating group) is 1. The summed E-state index contributed by atoms with van der Waals surface area (Å²) in [7, 11) is 1.81. The number of carbonyl (C=O) groups excluding carboxylic acids is 1. The smallest absolute Gasteiger partial charge is 0.330 e. The predicted molar refractivity (Wildman–Crippen MR) is 73.3 cm³/mol. The van der Waals surface area contributed by atoms with Crippen LogP contribution in [0.25, 0.3) is 0 Å². The molecule has 18 heavy (non-hydrogen) atoms. The Balaban J connectivity index is 3.18. The number of benzene rings is 1. The first kappa shape index (κ1) is 14.7. The molecule has 0 fully saturated rings. The van der Waals surface area contributed by atoms with Crippen LogP contribution >= 0.6 is 0 Å². The highest BCUT2D eigenvalue weighted by molar-refractivity contribution is 5.82. The molecule has 0 aromatic heterocycles. The molecule has 0 spiro atoms. The van der Waals surface area contributed by atoms with Gasteiger partial charge in [0.2, 0.25) is 0 Å². The molecule has 3 nitrogen and oxygen atoms in total. The van der Waals surface area contributed by atoms with E-state index in [2.05, 4.69) is 19.2 Å². The largest absolute Gasteiger partial charge is 0.464 e. The van der Waals surface area contributed by atoms with Crippen LogP contribution in [0.5, 0.6) is 0 Å². The summed E-state index contributed by atoms with van der Waals surface area (Å²) in [5.74, 6) is 0.189. The number of carbonyl (C=O) groups is 1. The third kappa shape index (κ3) is 3.10. The zero-order valence-electron chi connectivity index (χ0n) is 11.7. The van der Waals surface area contributed by atoms with Crippen molar-refractivity contribution >= 4 is 5.97 Å². The number of nitrogens with one attached hydrogen (secondary N) is 1. The summed E-state index contributed by atoms with van der Waals surface area (Å²) in [6, 6.07) is 9.78. The van der Waals surface area contributed by atoms with Crippen LogP contribution in [-0.4, -0.2) is 19.6 Å². The van der Waals surface area contributed by atoms with Crippen LogP contribution in [0.3, 0.4) is 0 Å². The minimum atomic E-state index is -0.745. The molecule has 0 aliphatic heterocycles. The molecule has 1 aromatic carbocycles. The molecule has 3 heteroatoms. The Hall–Kier alpha value is -1.35. The van der Waals surface area contributed by atoms with Gasteiger partial charge in [0, 0.05) is 0 Å². The maximum Gasteiger partial charge on any atom is 0.330 e. The van der Waals surface area contributed by atoms with E-state index in [4.69, 9.17) is 4.74 Å². The van der Waals surface area contributed by atoms with Crippen molar-refractivity contribution in [2.75, 3.05) is 13.7 Å². The molecule has 0 amide bonds. The highest BCUT2D eigenvalue weighted by atomic mass is 16.5. The molecule has 0 radical (unpaired) electrons. The summed E-state index contributed by atoms with van der Waals surface area (Å²) in [6.07, 6.45) is 0.715. The van der Waals surface area contributed by atoms with Crippen molar-refractivity contribution in [2.45, 2.75) is 32.7 Å². The van der Waals surface area contributed by atoms with Crippen LogP contribution in [0.2, 0.25) is 0 Å². The highest BCUT2D eigenvalue weighted by Crippen LogP contribution is 2.30. The molecule has 0 saturated carbocycles. The van der Waals surface area contributed by atoms with E-state index < -0.39 is 5.54 Å². The first-order chi connectivity index (χ1) is 8.56. The Kier molecular flexibility index (Phi) is 5.35. The SMILES string of the molecule is CCOC(=O)C(CC(C)C)(NC)c1ccccc1. The lowest BCUT2D eigenvalue weighted by atomic mass is 9.82. The van der Waals surface area contributed by atoms with Gasteiger partial charge in [-0.15, -0.1) is 0 Å². The molecule has 1 atom stereocenters. The number of hydrogen-bond acceptors (Lipinski definition) is 3. The van der Waals surface area contributed by atoms with Crippen molar-refractivity contribution in [3.63, 3.8) is 0 Å². The first-order valence-electron chi connectivity index (χ1n) is 6.48. The predicted octanol–water partition coefficient (Wildman–Crippen LogP) is 2.71. The summed E-state index contributed by atoms with van der Waals surface area (Å²) in [6.45, 7) is 6.44. The van der Waals surface area contributed by atoms with E-state index in [1.807, 2.05) is 44.3 Å². The second-order valence-corrected chi connectivity index (χ2v) is 4.84. The molecule has 0 aliphatic rings. The molecule has 100 valence electrons. The zero-order chi connectivity index (χ0) is 13.6. The van der Waals surface area contributed by atoms with Crippen molar-refractivity contribution in [1.29, 1.82) is 0 Å². The number of hydrogen-bond donors (Lipinski definition) is 1. The first-order valence-corrected chi connectivity index (χ1v) is 6.48. The van der Waals surface area contributed by atoms with Gasteiger partial charge >= 0.3 is 5.97 Å². The summed E-state index contributed by atoms with van der Waals surface area (Å²) in [5, 5.41) is 3.17. The minimum absolute atomic E-state index is 0.201. The fourth-order valence-corrected chi connectivity index (χ4v) is 2.26. The summed E-state index contributed by atoms with van der Waals surface area (Å²) < 4.78 is 5.25. The normalized spacial score (nSPS) is 14.3. The average Bonchev–Trinajstić information content (AvgIpc) is 2.37. The van der Waals surface area contributed by atoms with E-state index in [0.29, 0.717) is 18.9 Å². The molecule has 1 aromatic rings. The Bertz CT molecular complexity index is 375. The van der Waals surface area contributed by atoms with Gasteiger partial charge in [0.15, 0.2) is 0 Å². The molecule has 0 aliphatic carbocycles. The van der Waals surface area contributed by atoms with Crippen molar-refractivity contribution < 1.29 is 9.53 Å². The van der Waals surface area contributed by atoms with Gasteiger partial charge in [0.05, 0.1) is 6.61 Å². The number of ether oxygens (including phenoxy) is 1. The van der Waals surface area contributed by atoms with E-state index >= 15 is 0 Å². The van der Waals surface area contributed by atoms with Gasteiger partial charge in [0.25, 0.3) is 0 Å². The van der Waals surface area contributed by atoms with Crippen LogP contribution in [0.1, 0.15) is 32.8 Å². The molecule has 0 saturated heterocycles. The molecule has 0 heterocycles. The van der Waals surface area contributed by atoms with Crippen LogP contribution in [0.4, 0.5) is 0 Å². The monoisotopic (exact) mass is 249 g/mol. The second kappa shape index (κ2) is 6.55. The molecule has 1 rings (SSSR count). The second-order valence-electron chi connectivity index (χ2n) is 4.84. The zero-order valence-corrected chi connectivity index (χ0v) is 11.7. The van der Waals surface area contributed by atoms with Crippen LogP contribution < -0.4 is 5.32 Å². The standard InChI is InChI=1S/C15H23NO2/c1-5-18-14(17)15(16-4,11-12(2)3)13-9-7-6-8-10-13/h6-10,12,16H,5,11H2,1-4H3. The fraction of sp³-hybridized carbons (Fsp3) is 0.533. The van der Waals surface area contributed by atoms with Gasteiger partial charge in [-0.05, 0) is 31.9 Å². The third-order valence-corrected chi connectivity index (χ3v) is 3.03. The van der Waals surface area contributed by atoms with E-state index in [1.54, 1.807) is 0 Å². The molecule has 1 N–H and O–H groups in total. The van der Waals surface area contributed by atoms with Crippen molar-refractivity contribution in [1.82, 2.24) is 5.32 Å². The van der Waals surface area contributed by atoms with Crippen molar-refractivity contribution in [2.24, 2.45) is 5.92 Å². The van der Waals surface area contributed by atoms with Crippen LogP contribution in [0.15, 0.2) is 30.3 Å². The van der Waals surface area contributed by atoms with Crippen LogP contribution in [0, 0.1) is 5.92 Å². The average molecular weight is 249 g/mol. The summed E-state index contributed by atoms with van der Waals surface area (Å²) >= 11 is 0. The maximum atomic E-state index is 12.3. The summed E-state index contributed by atoms with van der Waals surface area (Å²) in [4.78, 5) is 12.3. The van der Waals surface area contributed by atoms with E-state index in [1.165, 1.54) is 0 Å². The lowest BCUT2D eigenvalue weighted by Gasteiger charge is -2.33. The lowest BCUT2D eigenvalue weighted by molar-refractivity contribution is -0.152. The maximum absolute atomic E-state index is 12.3. The topological polar surface area (TPSA) is 38.3 Å². The summed E-state index contributed by atoms with van der Waals surface area (Å²) in [5.41, 5.74) is 0.213. The lowest BCUT2D eigenvalue weighted by Crippen LogP contribution is -2.49. The van der Waals surface area contributed by atoms with E-state index in [0.717, 1.165) is 5.56 Å². The van der Waals surface area contributed by atoms with E-state index in [-0.39, 0.29) is 5.97 Å². The molecule has 1 unspecified atom stereocenters. The molecular weight excluding hydrogens is 226 g/mol. The van der Waals surface area contributed by atoms with Crippen molar-refractivity contribution in [3.8, 4) is 0 Å². The quantitative estimate of drug-likeness (QED) is 0.788. The number of esters is 1.